The Bertz CT molecular complexity index is 433. The van der Waals surface area contributed by atoms with Gasteiger partial charge < -0.3 is 5.11 Å². The molecule has 0 aromatic carbocycles. The summed E-state index contributed by atoms with van der Waals surface area (Å²) in [5.41, 5.74) is 1.28. The molecule has 0 aliphatic carbocycles. The minimum Gasteiger partial charge on any atom is -0.392 e. The van der Waals surface area contributed by atoms with Crippen molar-refractivity contribution in [3.05, 3.63) is 72.4 Å². The van der Waals surface area contributed by atoms with Gasteiger partial charge in [0.1, 0.15) is 0 Å². The van der Waals surface area contributed by atoms with Gasteiger partial charge in [-0.3, -0.25) is 0 Å². The second-order valence-electron chi connectivity index (χ2n) is 5.83. The zero-order valence-corrected chi connectivity index (χ0v) is 15.7. The van der Waals surface area contributed by atoms with Crippen LogP contribution < -0.4 is 0 Å². The first-order valence-electron chi connectivity index (χ1n) is 9.32. The van der Waals surface area contributed by atoms with E-state index in [1.807, 2.05) is 6.08 Å². The van der Waals surface area contributed by atoms with Crippen LogP contribution in [-0.2, 0) is 0 Å². The van der Waals surface area contributed by atoms with Gasteiger partial charge in [-0.2, -0.15) is 0 Å². The summed E-state index contributed by atoms with van der Waals surface area (Å²) in [7, 11) is 0. The van der Waals surface area contributed by atoms with Crippen LogP contribution in [0.1, 0.15) is 65.2 Å². The van der Waals surface area contributed by atoms with E-state index in [9.17, 15) is 0 Å². The molecular weight excluding hydrogens is 292 g/mol. The van der Waals surface area contributed by atoms with Crippen LogP contribution in [-0.4, -0.2) is 11.7 Å². The van der Waals surface area contributed by atoms with Crippen LogP contribution >= 0.6 is 0 Å². The Morgan fingerprint density at radius 3 is 1.62 bits per heavy atom. The molecule has 0 saturated carbocycles. The van der Waals surface area contributed by atoms with Gasteiger partial charge >= 0.3 is 0 Å². The predicted molar refractivity (Wildman–Crippen MR) is 109 cm³/mol. The van der Waals surface area contributed by atoms with E-state index in [4.69, 9.17) is 5.11 Å². The predicted octanol–water partition coefficient (Wildman–Crippen LogP) is 6.85. The molecule has 0 amide bonds. The van der Waals surface area contributed by atoms with E-state index in [0.717, 1.165) is 51.4 Å². The molecular formula is C23H36O. The lowest BCUT2D eigenvalue weighted by molar-refractivity contribution is 0.341. The molecule has 0 aliphatic heterocycles. The van der Waals surface area contributed by atoms with Gasteiger partial charge in [-0.05, 0) is 58.3 Å². The quantitative estimate of drug-likeness (QED) is 0.273. The van der Waals surface area contributed by atoms with Crippen molar-refractivity contribution >= 4 is 0 Å². The summed E-state index contributed by atoms with van der Waals surface area (Å²) >= 11 is 0. The maximum absolute atomic E-state index is 8.77. The molecule has 0 aliphatic rings. The minimum atomic E-state index is 0.160. The third kappa shape index (κ3) is 18.4. The first-order chi connectivity index (χ1) is 11.8. The van der Waals surface area contributed by atoms with E-state index in [1.54, 1.807) is 0 Å². The summed E-state index contributed by atoms with van der Waals surface area (Å²) in [5.74, 6) is 0. The number of hydrogen-bond donors (Lipinski definition) is 1. The molecule has 0 saturated heterocycles. The monoisotopic (exact) mass is 328 g/mol. The summed E-state index contributed by atoms with van der Waals surface area (Å²) in [6.45, 7) is 4.40. The number of unbranched alkanes of at least 4 members (excludes halogenated alkanes) is 1. The molecule has 0 radical (unpaired) electrons. The Hall–Kier alpha value is -1.60. The Morgan fingerprint density at radius 1 is 0.708 bits per heavy atom. The van der Waals surface area contributed by atoms with Gasteiger partial charge in [-0.15, -0.1) is 0 Å². The molecule has 0 heterocycles. The third-order valence-electron chi connectivity index (χ3n) is 3.54. The van der Waals surface area contributed by atoms with Gasteiger partial charge in [-0.25, -0.2) is 0 Å². The highest BCUT2D eigenvalue weighted by Crippen LogP contribution is 2.06. The molecule has 1 N–H and O–H groups in total. The van der Waals surface area contributed by atoms with E-state index in [0.29, 0.717) is 0 Å². The molecule has 0 fully saturated rings. The maximum atomic E-state index is 8.77. The molecule has 0 spiro atoms. The van der Waals surface area contributed by atoms with E-state index >= 15 is 0 Å². The Kier molecular flexibility index (Phi) is 18.2. The SMILES string of the molecule is CCC=CCC=CCC=CCC=CCC=CCCCC(C)=CCO. The molecule has 1 heteroatoms. The van der Waals surface area contributed by atoms with Crippen molar-refractivity contribution < 1.29 is 5.11 Å². The lowest BCUT2D eigenvalue weighted by Crippen LogP contribution is -1.81. The van der Waals surface area contributed by atoms with Gasteiger partial charge in [0.15, 0.2) is 0 Å². The topological polar surface area (TPSA) is 20.2 Å². The number of aliphatic hydroxyl groups is 1. The van der Waals surface area contributed by atoms with Crippen LogP contribution in [0.15, 0.2) is 72.4 Å². The fourth-order valence-electron chi connectivity index (χ4n) is 2.13. The minimum absolute atomic E-state index is 0.160. The summed E-state index contributed by atoms with van der Waals surface area (Å²) in [6.07, 6.45) is 32.7. The van der Waals surface area contributed by atoms with Crippen molar-refractivity contribution in [2.24, 2.45) is 0 Å². The first kappa shape index (κ1) is 22.4. The number of allylic oxidation sites excluding steroid dienone is 11. The fourth-order valence-corrected chi connectivity index (χ4v) is 2.13. The molecule has 0 rings (SSSR count). The fraction of sp³-hybridized carbons (Fsp3) is 0.478. The maximum Gasteiger partial charge on any atom is 0.0614 e. The second-order valence-corrected chi connectivity index (χ2v) is 5.83. The highest BCUT2D eigenvalue weighted by Gasteiger charge is 1.88. The van der Waals surface area contributed by atoms with Crippen LogP contribution in [0.25, 0.3) is 0 Å². The zero-order valence-electron chi connectivity index (χ0n) is 15.7. The number of aliphatic hydroxyl groups excluding tert-OH is 1. The van der Waals surface area contributed by atoms with Crippen LogP contribution in [0.4, 0.5) is 0 Å². The standard InChI is InChI=1S/C23H36O/c1-3-4-5-6-7-8-9-10-11-12-13-14-15-16-17-18-19-20-23(2)21-22-24/h4-5,7-8,10-11,13-14,16-17,21,24H,3,6,9,12,15,18-20,22H2,1-2H3. The highest BCUT2D eigenvalue weighted by atomic mass is 16.2. The molecule has 0 aromatic heterocycles. The van der Waals surface area contributed by atoms with Crippen molar-refractivity contribution in [1.82, 2.24) is 0 Å². The Morgan fingerprint density at radius 2 is 1.17 bits per heavy atom. The summed E-state index contributed by atoms with van der Waals surface area (Å²) in [5, 5.41) is 8.77. The summed E-state index contributed by atoms with van der Waals surface area (Å²) < 4.78 is 0. The normalized spacial score (nSPS) is 13.7. The Balaban J connectivity index is 3.51. The molecule has 0 atom stereocenters. The van der Waals surface area contributed by atoms with Gasteiger partial charge in [-0.1, -0.05) is 79.3 Å². The van der Waals surface area contributed by atoms with Crippen molar-refractivity contribution in [3.63, 3.8) is 0 Å². The largest absolute Gasteiger partial charge is 0.392 e. The van der Waals surface area contributed by atoms with E-state index in [-0.39, 0.29) is 6.61 Å². The van der Waals surface area contributed by atoms with E-state index in [1.165, 1.54) is 5.57 Å². The van der Waals surface area contributed by atoms with Gasteiger partial charge in [0.05, 0.1) is 6.61 Å². The number of rotatable bonds is 14. The molecule has 0 unspecified atom stereocenters. The number of hydrogen-bond acceptors (Lipinski definition) is 1. The molecule has 24 heavy (non-hydrogen) atoms. The van der Waals surface area contributed by atoms with Crippen molar-refractivity contribution in [3.8, 4) is 0 Å². The van der Waals surface area contributed by atoms with Crippen molar-refractivity contribution in [2.75, 3.05) is 6.61 Å². The van der Waals surface area contributed by atoms with Crippen LogP contribution in [0.5, 0.6) is 0 Å². The summed E-state index contributed by atoms with van der Waals surface area (Å²) in [6, 6.07) is 0. The van der Waals surface area contributed by atoms with Gasteiger partial charge in [0.2, 0.25) is 0 Å². The van der Waals surface area contributed by atoms with Crippen LogP contribution in [0.2, 0.25) is 0 Å². The average molecular weight is 329 g/mol. The zero-order chi connectivity index (χ0) is 17.7. The lowest BCUT2D eigenvalue weighted by Gasteiger charge is -1.97. The van der Waals surface area contributed by atoms with E-state index in [2.05, 4.69) is 74.6 Å². The molecule has 0 aromatic rings. The Labute approximate surface area is 149 Å². The molecule has 1 nitrogen and oxygen atoms in total. The van der Waals surface area contributed by atoms with Gasteiger partial charge in [0.25, 0.3) is 0 Å². The molecule has 134 valence electrons. The second kappa shape index (κ2) is 19.4. The third-order valence-corrected chi connectivity index (χ3v) is 3.54. The molecule has 0 bridgehead atoms. The van der Waals surface area contributed by atoms with Crippen molar-refractivity contribution in [2.45, 2.75) is 65.2 Å². The summed E-state index contributed by atoms with van der Waals surface area (Å²) in [4.78, 5) is 0. The van der Waals surface area contributed by atoms with Gasteiger partial charge in [0, 0.05) is 0 Å². The smallest absolute Gasteiger partial charge is 0.0614 e. The highest BCUT2D eigenvalue weighted by molar-refractivity contribution is 5.01. The van der Waals surface area contributed by atoms with E-state index < -0.39 is 0 Å². The average Bonchev–Trinajstić information content (AvgIpc) is 2.58. The lowest BCUT2D eigenvalue weighted by atomic mass is 10.1. The first-order valence-corrected chi connectivity index (χ1v) is 9.32. The van der Waals surface area contributed by atoms with Crippen LogP contribution in [0, 0.1) is 0 Å². The van der Waals surface area contributed by atoms with Crippen LogP contribution in [0.3, 0.4) is 0 Å². The van der Waals surface area contributed by atoms with Crippen molar-refractivity contribution in [1.29, 1.82) is 0 Å².